The number of aromatic nitrogens is 6. The van der Waals surface area contributed by atoms with Crippen LogP contribution in [0, 0.1) is 0 Å². The Balaban J connectivity index is 1.27. The summed E-state index contributed by atoms with van der Waals surface area (Å²) >= 11 is 0. The number of benzene rings is 1. The molecule has 2 saturated heterocycles. The molecule has 0 spiro atoms. The van der Waals surface area contributed by atoms with Gasteiger partial charge in [0, 0.05) is 46.4 Å². The molecule has 0 radical (unpaired) electrons. The van der Waals surface area contributed by atoms with Gasteiger partial charge in [0.2, 0.25) is 5.88 Å². The first kappa shape index (κ1) is 16.7. The summed E-state index contributed by atoms with van der Waals surface area (Å²) in [5.74, 6) is 0.596. The lowest BCUT2D eigenvalue weighted by Gasteiger charge is -2.28. The molecule has 0 saturated carbocycles. The highest BCUT2D eigenvalue weighted by Gasteiger charge is 2.34. The smallest absolute Gasteiger partial charge is 0.233 e. The molecular weight excluding hydrogens is 366 g/mol. The van der Waals surface area contributed by atoms with Crippen LogP contribution in [0.3, 0.4) is 0 Å². The molecule has 1 aromatic carbocycles. The van der Waals surface area contributed by atoms with Crippen molar-refractivity contribution in [2.75, 3.05) is 0 Å². The number of fused-ring (bicyclic) bond motifs is 3. The fourth-order valence-corrected chi connectivity index (χ4v) is 4.70. The van der Waals surface area contributed by atoms with E-state index in [0.29, 0.717) is 18.0 Å². The summed E-state index contributed by atoms with van der Waals surface area (Å²) in [6, 6.07) is 9.18. The van der Waals surface area contributed by atoms with Crippen molar-refractivity contribution in [2.24, 2.45) is 0 Å². The van der Waals surface area contributed by atoms with Gasteiger partial charge in [0.25, 0.3) is 0 Å². The Bertz CT molecular complexity index is 1120. The standard InChI is InChI=1S/C21H21N7O/c1-2-14-8-15(7-13(1)25-14)29-20-6-5-19(26-27-20)17-4-3-16(12-9-22-23-10-12)21-18(17)11-24-28-21/h3-6,9-11,13-15,25H,1-2,7-8H2,(H,22,23)(H,24,28)/t13-,14+,15?. The summed E-state index contributed by atoms with van der Waals surface area (Å²) in [4.78, 5) is 0. The zero-order valence-corrected chi connectivity index (χ0v) is 15.8. The van der Waals surface area contributed by atoms with Crippen LogP contribution in [0.1, 0.15) is 25.7 Å². The number of H-pyrrole nitrogens is 2. The quantitative estimate of drug-likeness (QED) is 0.497. The lowest BCUT2D eigenvalue weighted by atomic mass is 10.0. The van der Waals surface area contributed by atoms with Crippen molar-refractivity contribution in [3.63, 3.8) is 0 Å². The molecular formula is C21H21N7O. The van der Waals surface area contributed by atoms with E-state index in [4.69, 9.17) is 4.74 Å². The van der Waals surface area contributed by atoms with E-state index in [1.54, 1.807) is 6.20 Å². The third-order valence-corrected chi connectivity index (χ3v) is 6.06. The number of hydrogen-bond acceptors (Lipinski definition) is 6. The molecule has 29 heavy (non-hydrogen) atoms. The number of ether oxygens (including phenoxy) is 1. The molecule has 2 aliphatic heterocycles. The van der Waals surface area contributed by atoms with Crippen molar-refractivity contribution in [1.82, 2.24) is 35.9 Å². The van der Waals surface area contributed by atoms with Gasteiger partial charge in [0.15, 0.2) is 0 Å². The third-order valence-electron chi connectivity index (χ3n) is 6.06. The average Bonchev–Trinajstić information content (AvgIpc) is 3.49. The van der Waals surface area contributed by atoms with Crippen LogP contribution in [-0.4, -0.2) is 48.8 Å². The van der Waals surface area contributed by atoms with E-state index >= 15 is 0 Å². The van der Waals surface area contributed by atoms with E-state index in [0.717, 1.165) is 46.1 Å². The Hall–Kier alpha value is -3.26. The van der Waals surface area contributed by atoms with Gasteiger partial charge in [-0.25, -0.2) is 0 Å². The van der Waals surface area contributed by atoms with Gasteiger partial charge in [0.05, 0.1) is 23.6 Å². The second-order valence-electron chi connectivity index (χ2n) is 7.91. The third kappa shape index (κ3) is 2.96. The van der Waals surface area contributed by atoms with Gasteiger partial charge in [-0.2, -0.15) is 10.2 Å². The summed E-state index contributed by atoms with van der Waals surface area (Å²) in [5.41, 5.74) is 4.80. The highest BCUT2D eigenvalue weighted by molar-refractivity contribution is 6.01. The second kappa shape index (κ2) is 6.66. The van der Waals surface area contributed by atoms with E-state index in [9.17, 15) is 0 Å². The number of nitrogens with one attached hydrogen (secondary N) is 3. The summed E-state index contributed by atoms with van der Waals surface area (Å²) in [5, 5.41) is 27.7. The monoisotopic (exact) mass is 387 g/mol. The normalized spacial score (nSPS) is 23.5. The van der Waals surface area contributed by atoms with Gasteiger partial charge in [-0.3, -0.25) is 10.2 Å². The van der Waals surface area contributed by atoms with Crippen LogP contribution in [0.4, 0.5) is 0 Å². The van der Waals surface area contributed by atoms with E-state index in [1.165, 1.54) is 12.8 Å². The Morgan fingerprint density at radius 3 is 2.52 bits per heavy atom. The lowest BCUT2D eigenvalue weighted by molar-refractivity contribution is 0.130. The fraction of sp³-hybridized carbons (Fsp3) is 0.333. The Morgan fingerprint density at radius 2 is 1.76 bits per heavy atom. The van der Waals surface area contributed by atoms with Gasteiger partial charge in [-0.05, 0) is 31.7 Å². The fourth-order valence-electron chi connectivity index (χ4n) is 4.70. The molecule has 8 heteroatoms. The van der Waals surface area contributed by atoms with Gasteiger partial charge >= 0.3 is 0 Å². The molecule has 3 atom stereocenters. The van der Waals surface area contributed by atoms with Crippen LogP contribution >= 0.6 is 0 Å². The summed E-state index contributed by atoms with van der Waals surface area (Å²) in [6.07, 6.45) is 10.3. The topological polar surface area (TPSA) is 104 Å². The molecule has 0 amide bonds. The van der Waals surface area contributed by atoms with Gasteiger partial charge in [-0.15, -0.1) is 10.2 Å². The Morgan fingerprint density at radius 1 is 0.897 bits per heavy atom. The van der Waals surface area contributed by atoms with Crippen LogP contribution in [0.2, 0.25) is 0 Å². The number of hydrogen-bond donors (Lipinski definition) is 3. The Labute approximate surface area is 167 Å². The number of aromatic amines is 2. The SMILES string of the molecule is c1n[nH]cc1-c1ccc(-c2ccc(OC3C[C@H]4CC[C@@H](C3)N4)nn2)c2cn[nH]c12. The maximum Gasteiger partial charge on any atom is 0.233 e. The molecule has 146 valence electrons. The predicted octanol–water partition coefficient (Wildman–Crippen LogP) is 3.07. The molecule has 4 aromatic rings. The minimum Gasteiger partial charge on any atom is -0.473 e. The van der Waals surface area contributed by atoms with Crippen molar-refractivity contribution >= 4 is 10.9 Å². The Kier molecular flexibility index (Phi) is 3.83. The van der Waals surface area contributed by atoms with Crippen molar-refractivity contribution < 1.29 is 4.74 Å². The predicted molar refractivity (Wildman–Crippen MR) is 108 cm³/mol. The first-order valence-electron chi connectivity index (χ1n) is 10.1. The van der Waals surface area contributed by atoms with Crippen LogP contribution < -0.4 is 10.1 Å². The van der Waals surface area contributed by atoms with Gasteiger partial charge in [0.1, 0.15) is 6.10 Å². The molecule has 8 nitrogen and oxygen atoms in total. The zero-order valence-electron chi connectivity index (χ0n) is 15.8. The van der Waals surface area contributed by atoms with E-state index in [-0.39, 0.29) is 6.10 Å². The molecule has 1 unspecified atom stereocenters. The molecule has 2 fully saturated rings. The van der Waals surface area contributed by atoms with Crippen molar-refractivity contribution in [3.8, 4) is 28.3 Å². The average molecular weight is 387 g/mol. The number of rotatable bonds is 4. The van der Waals surface area contributed by atoms with Crippen molar-refractivity contribution in [3.05, 3.63) is 42.9 Å². The van der Waals surface area contributed by atoms with Crippen molar-refractivity contribution in [2.45, 2.75) is 43.9 Å². The van der Waals surface area contributed by atoms with Gasteiger partial charge in [-0.1, -0.05) is 12.1 Å². The summed E-state index contributed by atoms with van der Waals surface area (Å²) in [7, 11) is 0. The van der Waals surface area contributed by atoms with Crippen LogP contribution in [-0.2, 0) is 0 Å². The largest absolute Gasteiger partial charge is 0.473 e. The maximum atomic E-state index is 6.13. The molecule has 3 N–H and O–H groups in total. The van der Waals surface area contributed by atoms with Crippen molar-refractivity contribution in [1.29, 1.82) is 0 Å². The molecule has 3 aromatic heterocycles. The summed E-state index contributed by atoms with van der Waals surface area (Å²) < 4.78 is 6.13. The van der Waals surface area contributed by atoms with E-state index in [1.807, 2.05) is 24.5 Å². The molecule has 6 rings (SSSR count). The minimum absolute atomic E-state index is 0.226. The molecule has 2 aliphatic rings. The van der Waals surface area contributed by atoms with E-state index in [2.05, 4.69) is 48.0 Å². The lowest BCUT2D eigenvalue weighted by Crippen LogP contribution is -2.42. The molecule has 0 aliphatic carbocycles. The first-order chi connectivity index (χ1) is 14.3. The summed E-state index contributed by atoms with van der Waals surface area (Å²) in [6.45, 7) is 0. The van der Waals surface area contributed by atoms with Crippen LogP contribution in [0.25, 0.3) is 33.3 Å². The highest BCUT2D eigenvalue weighted by Crippen LogP contribution is 2.34. The maximum absolute atomic E-state index is 6.13. The highest BCUT2D eigenvalue weighted by atomic mass is 16.5. The van der Waals surface area contributed by atoms with Gasteiger partial charge < -0.3 is 10.1 Å². The minimum atomic E-state index is 0.226. The van der Waals surface area contributed by atoms with Crippen LogP contribution in [0.15, 0.2) is 42.9 Å². The zero-order chi connectivity index (χ0) is 19.2. The number of nitrogens with zero attached hydrogens (tertiary/aromatic N) is 4. The van der Waals surface area contributed by atoms with E-state index < -0.39 is 0 Å². The van der Waals surface area contributed by atoms with Crippen LogP contribution in [0.5, 0.6) is 5.88 Å². The molecule has 5 heterocycles. The second-order valence-corrected chi connectivity index (χ2v) is 7.91. The first-order valence-corrected chi connectivity index (χ1v) is 10.1. The molecule has 2 bridgehead atoms. The number of piperidine rings is 1.